The van der Waals surface area contributed by atoms with E-state index in [-0.39, 0.29) is 35.9 Å². The first-order valence-corrected chi connectivity index (χ1v) is 14.0. The lowest BCUT2D eigenvalue weighted by atomic mass is 10.1. The highest BCUT2D eigenvalue weighted by Gasteiger charge is 2.13. The Labute approximate surface area is 257 Å². The minimum Gasteiger partial charge on any atom is -0.493 e. The molecular formula is C32H28ClN5O6. The molecule has 1 amide bonds. The second-order valence-corrected chi connectivity index (χ2v) is 9.92. The smallest absolute Gasteiger partial charge is 0.336 e. The van der Waals surface area contributed by atoms with E-state index in [1.807, 2.05) is 6.07 Å². The van der Waals surface area contributed by atoms with E-state index in [0.29, 0.717) is 47.1 Å². The molecule has 12 heteroatoms. The first-order chi connectivity index (χ1) is 21.4. The van der Waals surface area contributed by atoms with Crippen LogP contribution in [0.4, 0.5) is 23.1 Å². The van der Waals surface area contributed by atoms with Crippen molar-refractivity contribution in [2.75, 3.05) is 30.9 Å². The molecule has 0 saturated heterocycles. The van der Waals surface area contributed by atoms with Crippen LogP contribution in [0.15, 0.2) is 94.3 Å². The number of halogens is 1. The summed E-state index contributed by atoms with van der Waals surface area (Å²) in [4.78, 5) is 44.6. The van der Waals surface area contributed by atoms with Crippen molar-refractivity contribution in [1.82, 2.24) is 15.3 Å². The van der Waals surface area contributed by atoms with Crippen LogP contribution in [0.3, 0.4) is 0 Å². The van der Waals surface area contributed by atoms with Crippen molar-refractivity contribution in [3.8, 4) is 5.75 Å². The Bertz CT molecular complexity index is 1840. The Morgan fingerprint density at radius 1 is 0.955 bits per heavy atom. The van der Waals surface area contributed by atoms with Crippen molar-refractivity contribution in [1.29, 1.82) is 0 Å². The summed E-state index contributed by atoms with van der Waals surface area (Å²) in [5.41, 5.74) is 2.49. The van der Waals surface area contributed by atoms with Gasteiger partial charge >= 0.3 is 11.6 Å². The van der Waals surface area contributed by atoms with Gasteiger partial charge in [-0.05, 0) is 48.0 Å². The van der Waals surface area contributed by atoms with Crippen molar-refractivity contribution >= 4 is 57.6 Å². The van der Waals surface area contributed by atoms with Crippen LogP contribution < -0.4 is 26.3 Å². The average Bonchev–Trinajstić information content (AvgIpc) is 3.03. The molecule has 0 atom stereocenters. The maximum Gasteiger partial charge on any atom is 0.336 e. The molecule has 224 valence electrons. The van der Waals surface area contributed by atoms with Crippen LogP contribution in [0, 0.1) is 0 Å². The number of hydrogen-bond acceptors (Lipinski definition) is 10. The lowest BCUT2D eigenvalue weighted by Gasteiger charge is -2.13. The number of ether oxygens (including phenoxy) is 2. The van der Waals surface area contributed by atoms with E-state index in [1.165, 1.54) is 12.3 Å². The lowest BCUT2D eigenvalue weighted by Crippen LogP contribution is -2.19. The standard InChI is InChI=1S/C32H28ClN5O6/c1-34-31(41)24-5-2-3-6-26(24)37-30-25(33)19-35-32(38-30)36-22-11-7-20(8-12-22)17-29(40)43-16-4-15-42-23-13-9-21-10-14-28(39)44-27(21)18-23/h2-3,5-14,18-19H,4,15-17H2,1H3,(H,34,41)(H2,35,36,37,38). The number of amides is 1. The van der Waals surface area contributed by atoms with Crippen molar-refractivity contribution in [3.63, 3.8) is 0 Å². The van der Waals surface area contributed by atoms with Crippen LogP contribution in [0.1, 0.15) is 22.3 Å². The van der Waals surface area contributed by atoms with Crippen molar-refractivity contribution in [2.24, 2.45) is 0 Å². The summed E-state index contributed by atoms with van der Waals surface area (Å²) in [5, 5.41) is 9.90. The van der Waals surface area contributed by atoms with Gasteiger partial charge in [-0.15, -0.1) is 0 Å². The first kappa shape index (κ1) is 30.1. The van der Waals surface area contributed by atoms with E-state index in [9.17, 15) is 14.4 Å². The Hall–Kier alpha value is -5.42. The number of benzene rings is 3. The van der Waals surface area contributed by atoms with Gasteiger partial charge in [-0.2, -0.15) is 4.98 Å². The van der Waals surface area contributed by atoms with Gasteiger partial charge in [0.05, 0.1) is 37.1 Å². The summed E-state index contributed by atoms with van der Waals surface area (Å²) in [6.07, 6.45) is 2.07. The molecule has 0 fully saturated rings. The molecule has 44 heavy (non-hydrogen) atoms. The Morgan fingerprint density at radius 3 is 2.57 bits per heavy atom. The summed E-state index contributed by atoms with van der Waals surface area (Å²) < 4.78 is 16.2. The normalized spacial score (nSPS) is 10.7. The SMILES string of the molecule is CNC(=O)c1ccccc1Nc1nc(Nc2ccc(CC(=O)OCCCOc3ccc4ccc(=O)oc4c3)cc2)ncc1Cl. The van der Waals surface area contributed by atoms with Gasteiger partial charge in [0, 0.05) is 36.7 Å². The van der Waals surface area contributed by atoms with Crippen molar-refractivity contribution in [2.45, 2.75) is 12.8 Å². The molecule has 11 nitrogen and oxygen atoms in total. The fourth-order valence-electron chi connectivity index (χ4n) is 4.19. The molecule has 0 aliphatic rings. The fraction of sp³-hybridized carbons (Fsp3) is 0.156. The summed E-state index contributed by atoms with van der Waals surface area (Å²) in [6.45, 7) is 0.541. The zero-order valence-corrected chi connectivity index (χ0v) is 24.4. The zero-order chi connectivity index (χ0) is 30.9. The van der Waals surface area contributed by atoms with E-state index in [0.717, 1.165) is 10.9 Å². The largest absolute Gasteiger partial charge is 0.493 e. The number of nitrogens with one attached hydrogen (secondary N) is 3. The summed E-state index contributed by atoms with van der Waals surface area (Å²) in [5.74, 6) is 0.583. The molecule has 0 aliphatic carbocycles. The minimum absolute atomic E-state index is 0.112. The molecule has 0 saturated carbocycles. The van der Waals surface area contributed by atoms with Crippen molar-refractivity contribution < 1.29 is 23.5 Å². The second kappa shape index (κ2) is 14.2. The minimum atomic E-state index is -0.423. The Kier molecular flexibility index (Phi) is 9.68. The topological polar surface area (TPSA) is 145 Å². The maximum atomic E-state index is 12.3. The van der Waals surface area contributed by atoms with E-state index in [4.69, 9.17) is 25.5 Å². The molecule has 2 heterocycles. The van der Waals surface area contributed by atoms with Crippen LogP contribution in [0.25, 0.3) is 11.0 Å². The zero-order valence-electron chi connectivity index (χ0n) is 23.6. The number of carbonyl (C=O) groups is 2. The van der Waals surface area contributed by atoms with Gasteiger partial charge < -0.3 is 29.8 Å². The molecule has 0 bridgehead atoms. The Balaban J connectivity index is 1.08. The highest BCUT2D eigenvalue weighted by molar-refractivity contribution is 6.33. The second-order valence-electron chi connectivity index (χ2n) is 9.52. The summed E-state index contributed by atoms with van der Waals surface area (Å²) in [7, 11) is 1.56. The number of fused-ring (bicyclic) bond motifs is 1. The number of para-hydroxylation sites is 1. The van der Waals surface area contributed by atoms with Gasteiger partial charge in [0.15, 0.2) is 5.82 Å². The van der Waals surface area contributed by atoms with Crippen LogP contribution in [0.5, 0.6) is 5.75 Å². The van der Waals surface area contributed by atoms with Crippen LogP contribution in [-0.2, 0) is 16.0 Å². The molecule has 0 unspecified atom stereocenters. The summed E-state index contributed by atoms with van der Waals surface area (Å²) in [6, 6.07) is 22.5. The number of anilines is 4. The molecule has 5 rings (SSSR count). The van der Waals surface area contributed by atoms with Gasteiger partial charge in [0.2, 0.25) is 5.95 Å². The molecular weight excluding hydrogens is 586 g/mol. The number of nitrogens with zero attached hydrogens (tertiary/aromatic N) is 2. The van der Waals surface area contributed by atoms with Gasteiger partial charge in [-0.3, -0.25) is 9.59 Å². The third-order valence-corrected chi connectivity index (χ3v) is 6.65. The quantitative estimate of drug-likeness (QED) is 0.0918. The van der Waals surface area contributed by atoms with E-state index in [2.05, 4.69) is 25.9 Å². The Morgan fingerprint density at radius 2 is 1.75 bits per heavy atom. The monoisotopic (exact) mass is 613 g/mol. The third-order valence-electron chi connectivity index (χ3n) is 6.37. The van der Waals surface area contributed by atoms with Crippen LogP contribution in [0.2, 0.25) is 5.02 Å². The molecule has 0 radical (unpaired) electrons. The third kappa shape index (κ3) is 7.90. The lowest BCUT2D eigenvalue weighted by molar-refractivity contribution is -0.143. The van der Waals surface area contributed by atoms with Crippen LogP contribution >= 0.6 is 11.6 Å². The highest BCUT2D eigenvalue weighted by atomic mass is 35.5. The molecule has 5 aromatic rings. The molecule has 0 aliphatic heterocycles. The number of rotatable bonds is 12. The van der Waals surface area contributed by atoms with Gasteiger partial charge in [0.25, 0.3) is 5.91 Å². The number of esters is 1. The highest BCUT2D eigenvalue weighted by Crippen LogP contribution is 2.27. The number of aromatic nitrogens is 2. The van der Waals surface area contributed by atoms with E-state index in [1.54, 1.807) is 73.8 Å². The first-order valence-electron chi connectivity index (χ1n) is 13.7. The molecule has 3 N–H and O–H groups in total. The average molecular weight is 614 g/mol. The maximum absolute atomic E-state index is 12.3. The number of hydrogen-bond donors (Lipinski definition) is 3. The fourth-order valence-corrected chi connectivity index (χ4v) is 4.32. The van der Waals surface area contributed by atoms with Gasteiger partial charge in [-0.1, -0.05) is 35.9 Å². The molecule has 3 aromatic carbocycles. The predicted octanol–water partition coefficient (Wildman–Crippen LogP) is 5.64. The predicted molar refractivity (Wildman–Crippen MR) is 167 cm³/mol. The van der Waals surface area contributed by atoms with Gasteiger partial charge in [-0.25, -0.2) is 9.78 Å². The summed E-state index contributed by atoms with van der Waals surface area (Å²) >= 11 is 6.31. The van der Waals surface area contributed by atoms with Crippen molar-refractivity contribution in [3.05, 3.63) is 112 Å². The van der Waals surface area contributed by atoms with Gasteiger partial charge in [0.1, 0.15) is 16.4 Å². The number of carbonyl (C=O) groups excluding carboxylic acids is 2. The molecule has 0 spiro atoms. The van der Waals surface area contributed by atoms with E-state index < -0.39 is 5.63 Å². The molecule has 2 aromatic heterocycles. The van der Waals surface area contributed by atoms with Crippen LogP contribution in [-0.4, -0.2) is 42.1 Å². The van der Waals surface area contributed by atoms with E-state index >= 15 is 0 Å².